The van der Waals surface area contributed by atoms with Crippen LogP contribution in [0.25, 0.3) is 0 Å². The number of benzene rings is 1. The molecule has 106 valence electrons. The summed E-state index contributed by atoms with van der Waals surface area (Å²) in [6, 6.07) is 8.18. The van der Waals surface area contributed by atoms with Gasteiger partial charge in [-0.15, -0.1) is 0 Å². The molecule has 0 amide bonds. The molecule has 1 aliphatic rings. The molecule has 2 rings (SSSR count). The molecule has 1 aromatic rings. The summed E-state index contributed by atoms with van der Waals surface area (Å²) in [4.78, 5) is 0. The highest BCUT2D eigenvalue weighted by atomic mass is 16.5. The third kappa shape index (κ3) is 2.93. The van der Waals surface area contributed by atoms with Crippen LogP contribution in [0.4, 0.5) is 0 Å². The van der Waals surface area contributed by atoms with E-state index < -0.39 is 0 Å². The van der Waals surface area contributed by atoms with Gasteiger partial charge in [0.1, 0.15) is 5.75 Å². The van der Waals surface area contributed by atoms with Crippen molar-refractivity contribution < 1.29 is 9.84 Å². The fourth-order valence-electron chi connectivity index (χ4n) is 2.81. The molecule has 1 aliphatic carbocycles. The molecule has 0 aromatic heterocycles. The molecule has 0 saturated heterocycles. The molecule has 3 unspecified atom stereocenters. The van der Waals surface area contributed by atoms with E-state index in [-0.39, 0.29) is 11.5 Å². The van der Waals surface area contributed by atoms with Crippen LogP contribution in [0.5, 0.6) is 5.75 Å². The summed E-state index contributed by atoms with van der Waals surface area (Å²) >= 11 is 0. The Labute approximate surface area is 116 Å². The third-order valence-corrected chi connectivity index (χ3v) is 4.39. The van der Waals surface area contributed by atoms with Gasteiger partial charge in [0.2, 0.25) is 0 Å². The van der Waals surface area contributed by atoms with Crippen LogP contribution < -0.4 is 5.32 Å². The number of phenolic OH excluding ortho intramolecular Hbond substituents is 1. The Kier molecular flexibility index (Phi) is 4.16. The minimum atomic E-state index is 0.182. The Hall–Kier alpha value is -1.06. The molecule has 1 saturated carbocycles. The van der Waals surface area contributed by atoms with E-state index in [1.54, 1.807) is 12.1 Å². The molecule has 3 atom stereocenters. The highest BCUT2D eigenvalue weighted by Gasteiger charge is 2.48. The van der Waals surface area contributed by atoms with E-state index in [1.165, 1.54) is 5.56 Å². The molecule has 0 heterocycles. The van der Waals surface area contributed by atoms with Crippen LogP contribution in [-0.2, 0) is 4.74 Å². The highest BCUT2D eigenvalue weighted by molar-refractivity contribution is 5.28. The van der Waals surface area contributed by atoms with Crippen molar-refractivity contribution in [3.63, 3.8) is 0 Å². The summed E-state index contributed by atoms with van der Waals surface area (Å²) in [6.45, 7) is 9.52. The topological polar surface area (TPSA) is 41.5 Å². The number of rotatable bonds is 5. The summed E-state index contributed by atoms with van der Waals surface area (Å²) in [5, 5.41) is 13.0. The average Bonchev–Trinajstić information content (AvgIpc) is 2.38. The molecule has 2 N–H and O–H groups in total. The van der Waals surface area contributed by atoms with Gasteiger partial charge in [-0.3, -0.25) is 0 Å². The fourth-order valence-corrected chi connectivity index (χ4v) is 2.81. The van der Waals surface area contributed by atoms with Gasteiger partial charge in [0.05, 0.1) is 6.10 Å². The van der Waals surface area contributed by atoms with Gasteiger partial charge in [0.15, 0.2) is 0 Å². The zero-order valence-corrected chi connectivity index (χ0v) is 12.3. The summed E-state index contributed by atoms with van der Waals surface area (Å²) < 4.78 is 5.75. The van der Waals surface area contributed by atoms with Crippen molar-refractivity contribution in [2.75, 3.05) is 6.61 Å². The third-order valence-electron chi connectivity index (χ3n) is 4.39. The van der Waals surface area contributed by atoms with Crippen molar-refractivity contribution in [2.24, 2.45) is 5.41 Å². The van der Waals surface area contributed by atoms with Gasteiger partial charge >= 0.3 is 0 Å². The maximum Gasteiger partial charge on any atom is 0.115 e. The number of phenols is 1. The SMILES string of the molecule is CCOC1CC(NC(C)c2ccc(O)cc2)C1(C)C. The minimum absolute atomic E-state index is 0.182. The fraction of sp³-hybridized carbons (Fsp3) is 0.625. The van der Waals surface area contributed by atoms with Crippen molar-refractivity contribution in [2.45, 2.75) is 52.3 Å². The highest BCUT2D eigenvalue weighted by Crippen LogP contribution is 2.43. The molecule has 3 nitrogen and oxygen atoms in total. The van der Waals surface area contributed by atoms with Crippen LogP contribution in [0, 0.1) is 5.41 Å². The van der Waals surface area contributed by atoms with E-state index in [2.05, 4.69) is 33.0 Å². The van der Waals surface area contributed by atoms with Gasteiger partial charge in [0, 0.05) is 24.1 Å². The van der Waals surface area contributed by atoms with Crippen molar-refractivity contribution in [3.05, 3.63) is 29.8 Å². The van der Waals surface area contributed by atoms with Crippen molar-refractivity contribution in [3.8, 4) is 5.75 Å². The lowest BCUT2D eigenvalue weighted by Crippen LogP contribution is -2.61. The first-order valence-electron chi connectivity index (χ1n) is 7.11. The van der Waals surface area contributed by atoms with Gasteiger partial charge < -0.3 is 15.2 Å². The van der Waals surface area contributed by atoms with E-state index in [0.717, 1.165) is 13.0 Å². The van der Waals surface area contributed by atoms with Crippen molar-refractivity contribution in [1.82, 2.24) is 5.32 Å². The summed E-state index contributed by atoms with van der Waals surface area (Å²) in [6.07, 6.45) is 1.44. The minimum Gasteiger partial charge on any atom is -0.508 e. The molecule has 1 aromatic carbocycles. The zero-order valence-electron chi connectivity index (χ0n) is 12.3. The maximum absolute atomic E-state index is 9.32. The number of aromatic hydroxyl groups is 1. The molecular weight excluding hydrogens is 238 g/mol. The molecule has 0 radical (unpaired) electrons. The average molecular weight is 263 g/mol. The second-order valence-electron chi connectivity index (χ2n) is 6.03. The number of hydrogen-bond donors (Lipinski definition) is 2. The molecule has 1 fully saturated rings. The lowest BCUT2D eigenvalue weighted by atomic mass is 9.64. The van der Waals surface area contributed by atoms with E-state index in [1.807, 2.05) is 12.1 Å². The normalized spacial score (nSPS) is 26.7. The van der Waals surface area contributed by atoms with Crippen LogP contribution >= 0.6 is 0 Å². The zero-order chi connectivity index (χ0) is 14.0. The first-order valence-corrected chi connectivity index (χ1v) is 7.11. The second kappa shape index (κ2) is 5.51. The van der Waals surface area contributed by atoms with Crippen LogP contribution in [0.1, 0.15) is 45.7 Å². The summed E-state index contributed by atoms with van der Waals surface area (Å²) in [5.41, 5.74) is 1.38. The monoisotopic (exact) mass is 263 g/mol. The van der Waals surface area contributed by atoms with E-state index in [9.17, 15) is 5.11 Å². The van der Waals surface area contributed by atoms with Gasteiger partial charge in [-0.05, 0) is 38.0 Å². The van der Waals surface area contributed by atoms with Crippen LogP contribution in [-0.4, -0.2) is 23.9 Å². The summed E-state index contributed by atoms with van der Waals surface area (Å²) in [7, 11) is 0. The number of ether oxygens (including phenoxy) is 1. The second-order valence-corrected chi connectivity index (χ2v) is 6.03. The Morgan fingerprint density at radius 3 is 2.53 bits per heavy atom. The van der Waals surface area contributed by atoms with Gasteiger partial charge in [-0.1, -0.05) is 26.0 Å². The van der Waals surface area contributed by atoms with Gasteiger partial charge in [0.25, 0.3) is 0 Å². The molecule has 0 spiro atoms. The smallest absolute Gasteiger partial charge is 0.115 e. The Morgan fingerprint density at radius 2 is 2.00 bits per heavy atom. The lowest BCUT2D eigenvalue weighted by molar-refractivity contribution is -0.116. The van der Waals surface area contributed by atoms with E-state index >= 15 is 0 Å². The maximum atomic E-state index is 9.32. The predicted octanol–water partition coefficient (Wildman–Crippen LogP) is 3.25. The Balaban J connectivity index is 1.93. The van der Waals surface area contributed by atoms with E-state index in [4.69, 9.17) is 4.74 Å². The molecule has 3 heteroatoms. The van der Waals surface area contributed by atoms with Crippen molar-refractivity contribution in [1.29, 1.82) is 0 Å². The lowest BCUT2D eigenvalue weighted by Gasteiger charge is -2.52. The van der Waals surface area contributed by atoms with Crippen LogP contribution in [0.3, 0.4) is 0 Å². The first-order chi connectivity index (χ1) is 8.95. The van der Waals surface area contributed by atoms with Gasteiger partial charge in [-0.2, -0.15) is 0 Å². The Bertz CT molecular complexity index is 413. The summed E-state index contributed by atoms with van der Waals surface area (Å²) in [5.74, 6) is 0.316. The number of hydrogen-bond acceptors (Lipinski definition) is 3. The quantitative estimate of drug-likeness (QED) is 0.857. The first kappa shape index (κ1) is 14.4. The van der Waals surface area contributed by atoms with Gasteiger partial charge in [-0.25, -0.2) is 0 Å². The predicted molar refractivity (Wildman–Crippen MR) is 77.3 cm³/mol. The van der Waals surface area contributed by atoms with Crippen LogP contribution in [0.2, 0.25) is 0 Å². The molecule has 0 aliphatic heterocycles. The van der Waals surface area contributed by atoms with E-state index in [0.29, 0.717) is 17.9 Å². The number of nitrogens with one attached hydrogen (secondary N) is 1. The molecular formula is C16H25NO2. The molecule has 0 bridgehead atoms. The largest absolute Gasteiger partial charge is 0.508 e. The van der Waals surface area contributed by atoms with Crippen LogP contribution in [0.15, 0.2) is 24.3 Å². The standard InChI is InChI=1S/C16H25NO2/c1-5-19-15-10-14(16(15,3)4)17-11(2)12-6-8-13(18)9-7-12/h6-9,11,14-15,17-18H,5,10H2,1-4H3. The Morgan fingerprint density at radius 1 is 1.37 bits per heavy atom. The molecule has 19 heavy (non-hydrogen) atoms. The van der Waals surface area contributed by atoms with Crippen molar-refractivity contribution >= 4 is 0 Å².